The van der Waals surface area contributed by atoms with Crippen LogP contribution in [-0.2, 0) is 10.0 Å². The number of hydrogen-bond acceptors (Lipinski definition) is 4. The smallest absolute Gasteiger partial charge is 0.235 e. The molecular weight excluding hydrogens is 300 g/mol. The highest BCUT2D eigenvalue weighted by Gasteiger charge is 2.28. The summed E-state index contributed by atoms with van der Waals surface area (Å²) in [5.41, 5.74) is 1.84. The first-order chi connectivity index (χ1) is 10.4. The van der Waals surface area contributed by atoms with Crippen LogP contribution in [0.5, 0.6) is 0 Å². The number of benzene rings is 1. The van der Waals surface area contributed by atoms with E-state index in [9.17, 15) is 8.42 Å². The number of anilines is 1. The van der Waals surface area contributed by atoms with E-state index in [1.165, 1.54) is 4.31 Å². The highest BCUT2D eigenvalue weighted by molar-refractivity contribution is 7.93. The molecule has 0 amide bonds. The summed E-state index contributed by atoms with van der Waals surface area (Å²) in [6, 6.07) is 8.19. The van der Waals surface area contributed by atoms with E-state index in [-0.39, 0.29) is 18.4 Å². The lowest BCUT2D eigenvalue weighted by molar-refractivity contribution is 0.274. The zero-order valence-electron chi connectivity index (χ0n) is 13.3. The second-order valence-electron chi connectivity index (χ2n) is 5.99. The lowest BCUT2D eigenvalue weighted by Crippen LogP contribution is -2.29. The topological polar surface area (TPSA) is 69.6 Å². The molecular formula is C16H26N2O3S. The minimum Gasteiger partial charge on any atom is -0.396 e. The van der Waals surface area contributed by atoms with Gasteiger partial charge in [0.15, 0.2) is 0 Å². The Hall–Kier alpha value is -1.11. The monoisotopic (exact) mass is 326 g/mol. The van der Waals surface area contributed by atoms with Gasteiger partial charge in [0.2, 0.25) is 10.0 Å². The summed E-state index contributed by atoms with van der Waals surface area (Å²) in [5.74, 6) is 0.239. The number of sulfonamides is 1. The number of aliphatic hydroxyl groups is 1. The molecule has 1 fully saturated rings. The van der Waals surface area contributed by atoms with Crippen LogP contribution in [0.3, 0.4) is 0 Å². The molecule has 1 aliphatic rings. The Kier molecular flexibility index (Phi) is 5.83. The molecule has 0 bridgehead atoms. The summed E-state index contributed by atoms with van der Waals surface area (Å²) in [6.07, 6.45) is 2.40. The van der Waals surface area contributed by atoms with Crippen molar-refractivity contribution in [3.05, 3.63) is 29.8 Å². The van der Waals surface area contributed by atoms with Crippen LogP contribution in [0.4, 0.5) is 5.69 Å². The van der Waals surface area contributed by atoms with Crippen molar-refractivity contribution in [2.45, 2.75) is 45.2 Å². The fraction of sp³-hybridized carbons (Fsp3) is 0.625. The first-order valence-electron chi connectivity index (χ1n) is 7.91. The van der Waals surface area contributed by atoms with Gasteiger partial charge in [-0.2, -0.15) is 0 Å². The van der Waals surface area contributed by atoms with Crippen molar-refractivity contribution in [2.75, 3.05) is 23.2 Å². The van der Waals surface area contributed by atoms with Gasteiger partial charge in [0, 0.05) is 25.2 Å². The van der Waals surface area contributed by atoms with Crippen LogP contribution in [0, 0.1) is 0 Å². The first-order valence-corrected chi connectivity index (χ1v) is 9.52. The molecule has 0 aromatic heterocycles. The molecule has 2 rings (SSSR count). The summed E-state index contributed by atoms with van der Waals surface area (Å²) in [6.45, 7) is 4.96. The number of aliphatic hydroxyl groups excluding tert-OH is 1. The Morgan fingerprint density at radius 3 is 2.77 bits per heavy atom. The lowest BCUT2D eigenvalue weighted by Gasteiger charge is -2.22. The molecule has 0 aliphatic carbocycles. The summed E-state index contributed by atoms with van der Waals surface area (Å²) >= 11 is 0. The van der Waals surface area contributed by atoms with Crippen molar-refractivity contribution in [3.8, 4) is 0 Å². The molecule has 1 aliphatic heterocycles. The summed E-state index contributed by atoms with van der Waals surface area (Å²) in [4.78, 5) is 0. The molecule has 1 aromatic rings. The number of rotatable bonds is 7. The van der Waals surface area contributed by atoms with Crippen LogP contribution in [-0.4, -0.2) is 38.5 Å². The van der Waals surface area contributed by atoms with Crippen LogP contribution in [0.25, 0.3) is 0 Å². The molecule has 1 saturated heterocycles. The van der Waals surface area contributed by atoms with Crippen molar-refractivity contribution in [3.63, 3.8) is 0 Å². The maximum Gasteiger partial charge on any atom is 0.235 e. The van der Waals surface area contributed by atoms with E-state index in [2.05, 4.69) is 19.2 Å². The summed E-state index contributed by atoms with van der Waals surface area (Å²) in [5, 5.41) is 12.4. The van der Waals surface area contributed by atoms with E-state index < -0.39 is 10.0 Å². The van der Waals surface area contributed by atoms with Gasteiger partial charge in [0.05, 0.1) is 11.4 Å². The highest BCUT2D eigenvalue weighted by atomic mass is 32.2. The molecule has 0 radical (unpaired) electrons. The second-order valence-corrected chi connectivity index (χ2v) is 8.00. The van der Waals surface area contributed by atoms with E-state index in [1.54, 1.807) is 0 Å². The number of nitrogens with zero attached hydrogens (tertiary/aromatic N) is 1. The van der Waals surface area contributed by atoms with E-state index in [4.69, 9.17) is 5.11 Å². The van der Waals surface area contributed by atoms with Crippen molar-refractivity contribution in [2.24, 2.45) is 0 Å². The third-order valence-electron chi connectivity index (χ3n) is 4.09. The van der Waals surface area contributed by atoms with E-state index in [0.29, 0.717) is 19.0 Å². The fourth-order valence-corrected chi connectivity index (χ4v) is 4.44. The van der Waals surface area contributed by atoms with Crippen molar-refractivity contribution in [1.29, 1.82) is 0 Å². The molecule has 22 heavy (non-hydrogen) atoms. The SMILES string of the molecule is CC(CCCO)NC(C)c1cccc(N2CCCS2(=O)=O)c1. The van der Waals surface area contributed by atoms with E-state index >= 15 is 0 Å². The lowest BCUT2D eigenvalue weighted by atomic mass is 10.1. The third kappa shape index (κ3) is 4.21. The minimum absolute atomic E-state index is 0.138. The molecule has 0 spiro atoms. The van der Waals surface area contributed by atoms with Crippen LogP contribution < -0.4 is 9.62 Å². The van der Waals surface area contributed by atoms with Gasteiger partial charge in [-0.25, -0.2) is 8.42 Å². The Balaban J connectivity index is 2.08. The van der Waals surface area contributed by atoms with Gasteiger partial charge in [-0.1, -0.05) is 12.1 Å². The third-order valence-corrected chi connectivity index (χ3v) is 5.96. The summed E-state index contributed by atoms with van der Waals surface area (Å²) in [7, 11) is -3.13. The van der Waals surface area contributed by atoms with Crippen LogP contribution >= 0.6 is 0 Å². The zero-order chi connectivity index (χ0) is 16.2. The molecule has 1 aromatic carbocycles. The maximum atomic E-state index is 12.0. The number of nitrogens with one attached hydrogen (secondary N) is 1. The average Bonchev–Trinajstić information content (AvgIpc) is 2.84. The molecule has 124 valence electrons. The van der Waals surface area contributed by atoms with Gasteiger partial charge < -0.3 is 10.4 Å². The zero-order valence-corrected chi connectivity index (χ0v) is 14.1. The van der Waals surface area contributed by atoms with Gasteiger partial charge in [0.25, 0.3) is 0 Å². The van der Waals surface area contributed by atoms with Gasteiger partial charge in [-0.05, 0) is 50.8 Å². The number of hydrogen-bond donors (Lipinski definition) is 2. The van der Waals surface area contributed by atoms with Gasteiger partial charge in [0.1, 0.15) is 0 Å². The van der Waals surface area contributed by atoms with Crippen LogP contribution in [0.15, 0.2) is 24.3 Å². The Labute approximate surface area is 133 Å². The molecule has 0 saturated carbocycles. The molecule has 2 N–H and O–H groups in total. The molecule has 2 unspecified atom stereocenters. The molecule has 5 nitrogen and oxygen atoms in total. The molecule has 2 atom stereocenters. The van der Waals surface area contributed by atoms with Crippen molar-refractivity contribution >= 4 is 15.7 Å². The van der Waals surface area contributed by atoms with Crippen molar-refractivity contribution < 1.29 is 13.5 Å². The van der Waals surface area contributed by atoms with Gasteiger partial charge >= 0.3 is 0 Å². The standard InChI is InChI=1S/C16H26N2O3S/c1-13(6-4-10-19)17-14(2)15-7-3-8-16(12-15)18-9-5-11-22(18,20)21/h3,7-8,12-14,17,19H,4-6,9-11H2,1-2H3. The van der Waals surface area contributed by atoms with Gasteiger partial charge in [-0.15, -0.1) is 0 Å². The first kappa shape index (κ1) is 17.2. The quantitative estimate of drug-likeness (QED) is 0.804. The average molecular weight is 326 g/mol. The summed E-state index contributed by atoms with van der Waals surface area (Å²) < 4.78 is 25.6. The fourth-order valence-electron chi connectivity index (χ4n) is 2.88. The van der Waals surface area contributed by atoms with E-state index in [0.717, 1.165) is 24.1 Å². The Morgan fingerprint density at radius 1 is 1.36 bits per heavy atom. The minimum atomic E-state index is -3.13. The highest BCUT2D eigenvalue weighted by Crippen LogP contribution is 2.26. The molecule has 1 heterocycles. The maximum absolute atomic E-state index is 12.0. The predicted molar refractivity (Wildman–Crippen MR) is 89.5 cm³/mol. The normalized spacial score (nSPS) is 20.0. The predicted octanol–water partition coefficient (Wildman–Crippen LogP) is 2.04. The van der Waals surface area contributed by atoms with Crippen molar-refractivity contribution in [1.82, 2.24) is 5.32 Å². The van der Waals surface area contributed by atoms with Crippen LogP contribution in [0.1, 0.15) is 44.7 Å². The van der Waals surface area contributed by atoms with E-state index in [1.807, 2.05) is 24.3 Å². The largest absolute Gasteiger partial charge is 0.396 e. The molecule has 6 heteroatoms. The Morgan fingerprint density at radius 2 is 2.14 bits per heavy atom. The van der Waals surface area contributed by atoms with Crippen LogP contribution in [0.2, 0.25) is 0 Å². The second kappa shape index (κ2) is 7.44. The van der Waals surface area contributed by atoms with Gasteiger partial charge in [-0.3, -0.25) is 4.31 Å². The Bertz CT molecular complexity index is 589.